The van der Waals surface area contributed by atoms with Crippen LogP contribution in [0.15, 0.2) is 34.9 Å². The van der Waals surface area contributed by atoms with Crippen molar-refractivity contribution in [1.29, 1.82) is 0 Å². The molecule has 0 bridgehead atoms. The molecule has 0 nitrogen and oxygen atoms in total. The highest BCUT2D eigenvalue weighted by Crippen LogP contribution is 2.35. The van der Waals surface area contributed by atoms with E-state index in [9.17, 15) is 0 Å². The number of allylic oxidation sites excluding steroid dienone is 5. The SMILES string of the molecule is C=C(Cl)/C(=C\C(C)=C/C)CCCC1CC1. The van der Waals surface area contributed by atoms with Gasteiger partial charge in [0.1, 0.15) is 0 Å². The average molecular weight is 225 g/mol. The van der Waals surface area contributed by atoms with Gasteiger partial charge in [-0.2, -0.15) is 0 Å². The summed E-state index contributed by atoms with van der Waals surface area (Å²) in [6, 6.07) is 0. The maximum atomic E-state index is 5.99. The van der Waals surface area contributed by atoms with Crippen molar-refractivity contribution in [1.82, 2.24) is 0 Å². The minimum Gasteiger partial charge on any atom is -0.0847 e. The van der Waals surface area contributed by atoms with Crippen molar-refractivity contribution in [2.45, 2.75) is 46.0 Å². The van der Waals surface area contributed by atoms with Crippen LogP contribution in [0.5, 0.6) is 0 Å². The molecule has 0 atom stereocenters. The van der Waals surface area contributed by atoms with Gasteiger partial charge in [0.05, 0.1) is 0 Å². The van der Waals surface area contributed by atoms with Crippen molar-refractivity contribution < 1.29 is 0 Å². The zero-order valence-corrected chi connectivity index (χ0v) is 10.6. The second-order valence-corrected chi connectivity index (χ2v) is 4.90. The van der Waals surface area contributed by atoms with E-state index in [-0.39, 0.29) is 0 Å². The topological polar surface area (TPSA) is 0 Å². The van der Waals surface area contributed by atoms with Gasteiger partial charge >= 0.3 is 0 Å². The fourth-order valence-electron chi connectivity index (χ4n) is 1.63. The molecule has 0 spiro atoms. The Morgan fingerprint density at radius 1 is 1.47 bits per heavy atom. The van der Waals surface area contributed by atoms with Crippen LogP contribution >= 0.6 is 11.6 Å². The Morgan fingerprint density at radius 3 is 2.60 bits per heavy atom. The molecule has 15 heavy (non-hydrogen) atoms. The molecule has 1 fully saturated rings. The van der Waals surface area contributed by atoms with Gasteiger partial charge in [0.25, 0.3) is 0 Å². The van der Waals surface area contributed by atoms with Crippen LogP contribution in [-0.4, -0.2) is 0 Å². The van der Waals surface area contributed by atoms with Crippen molar-refractivity contribution in [2.75, 3.05) is 0 Å². The molecule has 0 amide bonds. The molecular weight excluding hydrogens is 204 g/mol. The minimum atomic E-state index is 0.701. The Balaban J connectivity index is 2.41. The van der Waals surface area contributed by atoms with Crippen LogP contribution in [0.1, 0.15) is 46.0 Å². The highest BCUT2D eigenvalue weighted by molar-refractivity contribution is 6.31. The van der Waals surface area contributed by atoms with Gasteiger partial charge in [-0.05, 0) is 38.2 Å². The molecule has 0 aromatic carbocycles. The molecule has 0 heterocycles. The largest absolute Gasteiger partial charge is 0.0847 e. The number of rotatable bonds is 6. The molecule has 1 aliphatic rings. The molecule has 0 aliphatic heterocycles. The summed E-state index contributed by atoms with van der Waals surface area (Å²) in [5.41, 5.74) is 2.46. The van der Waals surface area contributed by atoms with E-state index in [0.717, 1.165) is 12.3 Å². The van der Waals surface area contributed by atoms with Crippen LogP contribution < -0.4 is 0 Å². The van der Waals surface area contributed by atoms with Crippen molar-refractivity contribution in [3.63, 3.8) is 0 Å². The monoisotopic (exact) mass is 224 g/mol. The van der Waals surface area contributed by atoms with Gasteiger partial charge in [-0.15, -0.1) is 0 Å². The Kier molecular flexibility index (Phi) is 5.17. The van der Waals surface area contributed by atoms with E-state index < -0.39 is 0 Å². The van der Waals surface area contributed by atoms with E-state index >= 15 is 0 Å². The van der Waals surface area contributed by atoms with E-state index in [4.69, 9.17) is 11.6 Å². The molecule has 1 rings (SSSR count). The van der Waals surface area contributed by atoms with Crippen molar-refractivity contribution in [2.24, 2.45) is 5.92 Å². The predicted molar refractivity (Wildman–Crippen MR) is 69.1 cm³/mol. The molecule has 84 valence electrons. The summed E-state index contributed by atoms with van der Waals surface area (Å²) in [6.45, 7) is 7.97. The lowest BCUT2D eigenvalue weighted by atomic mass is 10.0. The summed E-state index contributed by atoms with van der Waals surface area (Å²) in [5, 5.41) is 0.701. The second kappa shape index (κ2) is 6.17. The molecule has 1 heteroatoms. The number of halogens is 1. The summed E-state index contributed by atoms with van der Waals surface area (Å²) in [4.78, 5) is 0. The normalized spacial score (nSPS) is 18.1. The van der Waals surface area contributed by atoms with Gasteiger partial charge in [-0.3, -0.25) is 0 Å². The predicted octanol–water partition coefficient (Wildman–Crippen LogP) is 5.21. The van der Waals surface area contributed by atoms with Crippen molar-refractivity contribution >= 4 is 11.6 Å². The quantitative estimate of drug-likeness (QED) is 0.544. The molecule has 0 N–H and O–H groups in total. The summed E-state index contributed by atoms with van der Waals surface area (Å²) in [7, 11) is 0. The van der Waals surface area contributed by atoms with Gasteiger partial charge in [0.15, 0.2) is 0 Å². The molecule has 0 saturated heterocycles. The molecule has 0 aromatic heterocycles. The van der Waals surface area contributed by atoms with Crippen LogP contribution in [0.25, 0.3) is 0 Å². The molecule has 0 unspecified atom stereocenters. The highest BCUT2D eigenvalue weighted by atomic mass is 35.5. The van der Waals surface area contributed by atoms with Gasteiger partial charge in [0.2, 0.25) is 0 Å². The molecule has 1 saturated carbocycles. The highest BCUT2D eigenvalue weighted by Gasteiger charge is 2.20. The first kappa shape index (κ1) is 12.6. The molecule has 1 aliphatic carbocycles. The lowest BCUT2D eigenvalue weighted by molar-refractivity contribution is 0.667. The third-order valence-corrected chi connectivity index (χ3v) is 3.20. The summed E-state index contributed by atoms with van der Waals surface area (Å²) in [5.74, 6) is 1.01. The minimum absolute atomic E-state index is 0.701. The summed E-state index contributed by atoms with van der Waals surface area (Å²) in [6.07, 6.45) is 10.8. The van der Waals surface area contributed by atoms with Crippen LogP contribution in [-0.2, 0) is 0 Å². The first-order chi connectivity index (χ1) is 7.13. The molecule has 0 aromatic rings. The van der Waals surface area contributed by atoms with Crippen molar-refractivity contribution in [3.05, 3.63) is 34.9 Å². The van der Waals surface area contributed by atoms with E-state index in [1.165, 1.54) is 36.8 Å². The van der Waals surface area contributed by atoms with Crippen LogP contribution in [0.2, 0.25) is 0 Å². The second-order valence-electron chi connectivity index (χ2n) is 4.44. The zero-order chi connectivity index (χ0) is 11.3. The van der Waals surface area contributed by atoms with E-state index in [2.05, 4.69) is 25.7 Å². The summed E-state index contributed by atoms with van der Waals surface area (Å²) < 4.78 is 0. The Labute approximate surface area is 98.7 Å². The average Bonchev–Trinajstić information content (AvgIpc) is 2.99. The van der Waals surface area contributed by atoms with E-state index in [1.807, 2.05) is 6.92 Å². The Morgan fingerprint density at radius 2 is 2.13 bits per heavy atom. The van der Waals surface area contributed by atoms with Crippen LogP contribution in [0.4, 0.5) is 0 Å². The lowest BCUT2D eigenvalue weighted by Gasteiger charge is -2.05. The maximum absolute atomic E-state index is 5.99. The fraction of sp³-hybridized carbons (Fsp3) is 0.571. The number of hydrogen-bond donors (Lipinski definition) is 0. The van der Waals surface area contributed by atoms with Crippen LogP contribution in [0, 0.1) is 5.92 Å². The van der Waals surface area contributed by atoms with Crippen LogP contribution in [0.3, 0.4) is 0 Å². The van der Waals surface area contributed by atoms with Gasteiger partial charge in [0, 0.05) is 5.03 Å². The Hall–Kier alpha value is -0.490. The first-order valence-corrected chi connectivity index (χ1v) is 6.19. The zero-order valence-electron chi connectivity index (χ0n) is 9.85. The number of hydrogen-bond acceptors (Lipinski definition) is 0. The smallest absolute Gasteiger partial charge is 0.0366 e. The maximum Gasteiger partial charge on any atom is 0.0366 e. The van der Waals surface area contributed by atoms with E-state index in [1.54, 1.807) is 0 Å². The third-order valence-electron chi connectivity index (χ3n) is 2.96. The fourth-order valence-corrected chi connectivity index (χ4v) is 1.78. The standard InChI is InChI=1S/C14H21Cl/c1-4-11(2)10-14(12(3)15)7-5-6-13-8-9-13/h4,10,13H,3,5-9H2,1-2H3/b11-4-,14-10-. The van der Waals surface area contributed by atoms with Gasteiger partial charge in [-0.25, -0.2) is 0 Å². The van der Waals surface area contributed by atoms with Gasteiger partial charge < -0.3 is 0 Å². The molecule has 0 radical (unpaired) electrons. The molecular formula is C14H21Cl. The first-order valence-electron chi connectivity index (χ1n) is 5.81. The van der Waals surface area contributed by atoms with Gasteiger partial charge in [-0.1, -0.05) is 55.2 Å². The lowest BCUT2D eigenvalue weighted by Crippen LogP contribution is -1.86. The van der Waals surface area contributed by atoms with E-state index in [0.29, 0.717) is 5.03 Å². The summed E-state index contributed by atoms with van der Waals surface area (Å²) >= 11 is 5.99. The van der Waals surface area contributed by atoms with Crippen molar-refractivity contribution in [3.8, 4) is 0 Å². The Bertz CT molecular complexity index is 280. The third kappa shape index (κ3) is 5.22.